The first kappa shape index (κ1) is 13.4. The first-order valence-corrected chi connectivity index (χ1v) is 6.94. The third-order valence-corrected chi connectivity index (χ3v) is 4.09. The highest BCUT2D eigenvalue weighted by molar-refractivity contribution is 6.31. The number of rotatable bonds is 3. The number of fused-ring (bicyclic) bond motifs is 1. The van der Waals surface area contributed by atoms with Gasteiger partial charge in [-0.1, -0.05) is 29.8 Å². The maximum Gasteiger partial charge on any atom is 0.123 e. The molecule has 20 heavy (non-hydrogen) atoms. The Balaban J connectivity index is 1.81. The zero-order valence-corrected chi connectivity index (χ0v) is 11.6. The summed E-state index contributed by atoms with van der Waals surface area (Å²) in [7, 11) is 0. The fourth-order valence-electron chi connectivity index (χ4n) is 2.64. The van der Waals surface area contributed by atoms with Crippen molar-refractivity contribution in [3.8, 4) is 5.75 Å². The zero-order valence-electron chi connectivity index (χ0n) is 10.9. The van der Waals surface area contributed by atoms with Gasteiger partial charge < -0.3 is 10.5 Å². The molecule has 0 spiro atoms. The average Bonchev–Trinajstić information content (AvgIpc) is 2.87. The molecular formula is C16H15ClFNO. The molecule has 0 fully saturated rings. The molecule has 0 aromatic heterocycles. The van der Waals surface area contributed by atoms with Gasteiger partial charge in [0.15, 0.2) is 0 Å². The second-order valence-electron chi connectivity index (χ2n) is 5.06. The summed E-state index contributed by atoms with van der Waals surface area (Å²) >= 11 is 6.09. The van der Waals surface area contributed by atoms with Gasteiger partial charge >= 0.3 is 0 Å². The molecule has 0 radical (unpaired) electrons. The molecule has 0 saturated heterocycles. The van der Waals surface area contributed by atoms with Crippen molar-refractivity contribution in [2.45, 2.75) is 18.4 Å². The summed E-state index contributed by atoms with van der Waals surface area (Å²) in [6.07, 6.45) is 0.527. The standard InChI is InChI=1S/C16H15ClFNO/c17-14-6-5-11(18)7-10(14)8-15(19)13-9-20-16-4-2-1-3-12(13)16/h1-7,13,15H,8-9,19H2. The molecule has 2 nitrogen and oxygen atoms in total. The first-order valence-electron chi connectivity index (χ1n) is 6.56. The molecule has 1 aliphatic rings. The number of para-hydroxylation sites is 1. The number of ether oxygens (including phenoxy) is 1. The highest BCUT2D eigenvalue weighted by Crippen LogP contribution is 2.36. The van der Waals surface area contributed by atoms with Crippen LogP contribution in [0.2, 0.25) is 5.02 Å². The second kappa shape index (κ2) is 5.43. The Labute approximate surface area is 122 Å². The molecule has 2 aromatic rings. The van der Waals surface area contributed by atoms with Crippen molar-refractivity contribution >= 4 is 11.6 Å². The maximum absolute atomic E-state index is 13.3. The van der Waals surface area contributed by atoms with Crippen LogP contribution in [0.1, 0.15) is 17.0 Å². The van der Waals surface area contributed by atoms with E-state index in [1.807, 2.05) is 24.3 Å². The van der Waals surface area contributed by atoms with E-state index in [-0.39, 0.29) is 17.8 Å². The molecule has 0 saturated carbocycles. The molecule has 104 valence electrons. The van der Waals surface area contributed by atoms with Crippen LogP contribution in [0, 0.1) is 5.82 Å². The van der Waals surface area contributed by atoms with Crippen LogP contribution < -0.4 is 10.5 Å². The summed E-state index contributed by atoms with van der Waals surface area (Å²) in [4.78, 5) is 0. The molecular weight excluding hydrogens is 277 g/mol. The van der Waals surface area contributed by atoms with Gasteiger partial charge in [0, 0.05) is 22.5 Å². The summed E-state index contributed by atoms with van der Waals surface area (Å²) < 4.78 is 18.9. The predicted octanol–water partition coefficient (Wildman–Crippen LogP) is 3.53. The Kier molecular flexibility index (Phi) is 3.64. The minimum absolute atomic E-state index is 0.116. The van der Waals surface area contributed by atoms with E-state index in [1.165, 1.54) is 12.1 Å². The van der Waals surface area contributed by atoms with Crippen molar-refractivity contribution in [3.63, 3.8) is 0 Å². The number of hydrogen-bond donors (Lipinski definition) is 1. The summed E-state index contributed by atoms with van der Waals surface area (Å²) in [6.45, 7) is 0.563. The lowest BCUT2D eigenvalue weighted by Crippen LogP contribution is -2.31. The largest absolute Gasteiger partial charge is 0.493 e. The van der Waals surface area contributed by atoms with E-state index in [1.54, 1.807) is 6.07 Å². The van der Waals surface area contributed by atoms with Gasteiger partial charge in [-0.3, -0.25) is 0 Å². The number of halogens is 2. The van der Waals surface area contributed by atoms with Crippen LogP contribution in [-0.4, -0.2) is 12.6 Å². The van der Waals surface area contributed by atoms with Gasteiger partial charge in [0.2, 0.25) is 0 Å². The fraction of sp³-hybridized carbons (Fsp3) is 0.250. The van der Waals surface area contributed by atoms with Gasteiger partial charge in [0.25, 0.3) is 0 Å². The van der Waals surface area contributed by atoms with E-state index < -0.39 is 0 Å². The van der Waals surface area contributed by atoms with Gasteiger partial charge in [0.1, 0.15) is 11.6 Å². The number of benzene rings is 2. The van der Waals surface area contributed by atoms with Crippen LogP contribution >= 0.6 is 11.6 Å². The number of hydrogen-bond acceptors (Lipinski definition) is 2. The monoisotopic (exact) mass is 291 g/mol. The van der Waals surface area contributed by atoms with Crippen molar-refractivity contribution in [2.75, 3.05) is 6.61 Å². The Morgan fingerprint density at radius 3 is 2.95 bits per heavy atom. The van der Waals surface area contributed by atoms with E-state index >= 15 is 0 Å². The molecule has 2 atom stereocenters. The van der Waals surface area contributed by atoms with Gasteiger partial charge in [-0.25, -0.2) is 4.39 Å². The SMILES string of the molecule is NC(Cc1cc(F)ccc1Cl)C1COc2ccccc21. The van der Waals surface area contributed by atoms with Crippen molar-refractivity contribution in [1.29, 1.82) is 0 Å². The molecule has 2 unspecified atom stereocenters. The van der Waals surface area contributed by atoms with Crippen LogP contribution in [0.4, 0.5) is 4.39 Å². The molecule has 2 N–H and O–H groups in total. The summed E-state index contributed by atoms with van der Waals surface area (Å²) in [5, 5.41) is 0.550. The number of nitrogens with two attached hydrogens (primary N) is 1. The smallest absolute Gasteiger partial charge is 0.123 e. The summed E-state index contributed by atoms with van der Waals surface area (Å²) in [5.74, 6) is 0.712. The lowest BCUT2D eigenvalue weighted by atomic mass is 9.90. The Morgan fingerprint density at radius 1 is 1.30 bits per heavy atom. The molecule has 0 amide bonds. The third-order valence-electron chi connectivity index (χ3n) is 3.72. The summed E-state index contributed by atoms with van der Waals surface area (Å²) in [5.41, 5.74) is 8.14. The third kappa shape index (κ3) is 2.51. The van der Waals surface area contributed by atoms with E-state index in [9.17, 15) is 4.39 Å². The van der Waals surface area contributed by atoms with Crippen molar-refractivity contribution in [1.82, 2.24) is 0 Å². The molecule has 0 bridgehead atoms. The molecule has 0 aliphatic carbocycles. The Morgan fingerprint density at radius 2 is 2.10 bits per heavy atom. The quantitative estimate of drug-likeness (QED) is 0.939. The molecule has 4 heteroatoms. The van der Waals surface area contributed by atoms with E-state index in [2.05, 4.69) is 0 Å². The normalized spacial score (nSPS) is 18.4. The van der Waals surface area contributed by atoms with Gasteiger partial charge in [0.05, 0.1) is 6.61 Å². The van der Waals surface area contributed by atoms with Crippen LogP contribution in [0.25, 0.3) is 0 Å². The topological polar surface area (TPSA) is 35.2 Å². The lowest BCUT2D eigenvalue weighted by molar-refractivity contribution is 0.313. The molecule has 1 aliphatic heterocycles. The van der Waals surface area contributed by atoms with Crippen molar-refractivity contribution < 1.29 is 9.13 Å². The molecule has 1 heterocycles. The Hall–Kier alpha value is -1.58. The highest BCUT2D eigenvalue weighted by atomic mass is 35.5. The first-order chi connectivity index (χ1) is 9.65. The van der Waals surface area contributed by atoms with E-state index in [0.29, 0.717) is 18.1 Å². The van der Waals surface area contributed by atoms with Crippen LogP contribution in [0.15, 0.2) is 42.5 Å². The van der Waals surface area contributed by atoms with Crippen molar-refractivity contribution in [3.05, 3.63) is 64.4 Å². The lowest BCUT2D eigenvalue weighted by Gasteiger charge is -2.19. The maximum atomic E-state index is 13.3. The average molecular weight is 292 g/mol. The van der Waals surface area contributed by atoms with Crippen LogP contribution in [-0.2, 0) is 6.42 Å². The van der Waals surface area contributed by atoms with Crippen LogP contribution in [0.5, 0.6) is 5.75 Å². The fourth-order valence-corrected chi connectivity index (χ4v) is 2.83. The van der Waals surface area contributed by atoms with Crippen molar-refractivity contribution in [2.24, 2.45) is 5.73 Å². The zero-order chi connectivity index (χ0) is 14.1. The minimum atomic E-state index is -0.292. The molecule has 3 rings (SSSR count). The predicted molar refractivity (Wildman–Crippen MR) is 77.8 cm³/mol. The van der Waals surface area contributed by atoms with Gasteiger partial charge in [-0.05, 0) is 36.2 Å². The van der Waals surface area contributed by atoms with Crippen LogP contribution in [0.3, 0.4) is 0 Å². The van der Waals surface area contributed by atoms with Gasteiger partial charge in [-0.15, -0.1) is 0 Å². The minimum Gasteiger partial charge on any atom is -0.493 e. The van der Waals surface area contributed by atoms with E-state index in [4.69, 9.17) is 22.1 Å². The Bertz CT molecular complexity index is 632. The molecule has 2 aromatic carbocycles. The van der Waals surface area contributed by atoms with E-state index in [0.717, 1.165) is 16.9 Å². The summed E-state index contributed by atoms with van der Waals surface area (Å²) in [6, 6.07) is 12.1. The highest BCUT2D eigenvalue weighted by Gasteiger charge is 2.29. The van der Waals surface area contributed by atoms with Gasteiger partial charge in [-0.2, -0.15) is 0 Å². The second-order valence-corrected chi connectivity index (χ2v) is 5.47.